The van der Waals surface area contributed by atoms with Crippen molar-refractivity contribution in [3.63, 3.8) is 0 Å². The van der Waals surface area contributed by atoms with Crippen molar-refractivity contribution in [1.29, 1.82) is 0 Å². The molecule has 0 aliphatic carbocycles. The normalized spacial score (nSPS) is 15.2. The van der Waals surface area contributed by atoms with E-state index in [-0.39, 0.29) is 11.9 Å². The van der Waals surface area contributed by atoms with Crippen LogP contribution in [-0.2, 0) is 6.54 Å². The Kier molecular flexibility index (Phi) is 8.77. The van der Waals surface area contributed by atoms with E-state index in [1.807, 2.05) is 61.7 Å². The molecule has 2 aromatic heterocycles. The van der Waals surface area contributed by atoms with Crippen molar-refractivity contribution < 1.29 is 14.2 Å². The Hall–Kier alpha value is -3.75. The predicted molar refractivity (Wildman–Crippen MR) is 172 cm³/mol. The lowest BCUT2D eigenvalue weighted by molar-refractivity contribution is 0.175. The number of ether oxygens (including phenoxy) is 1. The fourth-order valence-corrected chi connectivity index (χ4v) is 6.01. The molecule has 0 radical (unpaired) electrons. The summed E-state index contributed by atoms with van der Waals surface area (Å²) < 4.78 is 20.1. The van der Waals surface area contributed by atoms with E-state index in [9.17, 15) is 9.50 Å². The highest BCUT2D eigenvalue weighted by Gasteiger charge is 2.20. The highest BCUT2D eigenvalue weighted by Crippen LogP contribution is 2.40. The molecule has 0 amide bonds. The number of aromatic nitrogens is 2. The zero-order chi connectivity index (χ0) is 29.9. The van der Waals surface area contributed by atoms with Gasteiger partial charge in [-0.1, -0.05) is 41.9 Å². The second-order valence-electron chi connectivity index (χ2n) is 10.7. The van der Waals surface area contributed by atoms with Crippen molar-refractivity contribution >= 4 is 45.6 Å². The van der Waals surface area contributed by atoms with Crippen molar-refractivity contribution in [3.8, 4) is 28.0 Å². The van der Waals surface area contributed by atoms with Gasteiger partial charge in [-0.15, -0.1) is 11.6 Å². The molecule has 1 unspecified atom stereocenters. The maximum absolute atomic E-state index is 14.5. The monoisotopic (exact) mass is 616 g/mol. The number of aliphatic hydroxyl groups is 1. The van der Waals surface area contributed by atoms with Crippen LogP contribution in [0, 0.1) is 12.7 Å². The van der Waals surface area contributed by atoms with E-state index >= 15 is 0 Å². The Morgan fingerprint density at radius 1 is 1.05 bits per heavy atom. The summed E-state index contributed by atoms with van der Waals surface area (Å²) >= 11 is 12.8. The van der Waals surface area contributed by atoms with E-state index < -0.39 is 0 Å². The molecule has 0 bridgehead atoms. The number of halogens is 3. The van der Waals surface area contributed by atoms with Gasteiger partial charge in [0.1, 0.15) is 23.7 Å². The molecule has 0 spiro atoms. The topological polar surface area (TPSA) is 70.5 Å². The molecule has 5 aromatic rings. The molecular weight excluding hydrogens is 586 g/mol. The summed E-state index contributed by atoms with van der Waals surface area (Å²) in [5.74, 6) is 0.977. The van der Waals surface area contributed by atoms with Gasteiger partial charge in [-0.25, -0.2) is 9.37 Å². The molecule has 2 N–H and O–H groups in total. The van der Waals surface area contributed by atoms with E-state index in [1.165, 1.54) is 12.1 Å². The zero-order valence-electron chi connectivity index (χ0n) is 23.7. The third kappa shape index (κ3) is 6.45. The number of nitrogens with zero attached hydrogens (tertiary/aromatic N) is 3. The molecule has 1 aliphatic rings. The van der Waals surface area contributed by atoms with Gasteiger partial charge in [0.15, 0.2) is 5.82 Å². The molecule has 0 saturated carbocycles. The lowest BCUT2D eigenvalue weighted by atomic mass is 9.92. The average molecular weight is 618 g/mol. The molecule has 1 fully saturated rings. The number of likely N-dealkylation sites (tertiary alicyclic amines) is 1. The van der Waals surface area contributed by atoms with Crippen molar-refractivity contribution in [1.82, 2.24) is 14.9 Å². The van der Waals surface area contributed by atoms with Crippen molar-refractivity contribution in [2.24, 2.45) is 0 Å². The van der Waals surface area contributed by atoms with Crippen LogP contribution in [0.15, 0.2) is 79.1 Å². The first-order valence-electron chi connectivity index (χ1n) is 14.2. The van der Waals surface area contributed by atoms with Crippen LogP contribution in [0.3, 0.4) is 0 Å². The van der Waals surface area contributed by atoms with Gasteiger partial charge < -0.3 is 15.2 Å². The smallest absolute Gasteiger partial charge is 0.156 e. The van der Waals surface area contributed by atoms with E-state index in [0.717, 1.165) is 58.2 Å². The average Bonchev–Trinajstić information content (AvgIpc) is 3.41. The number of pyridine rings is 2. The molecule has 3 heterocycles. The summed E-state index contributed by atoms with van der Waals surface area (Å²) in [5.41, 5.74) is 6.84. The Morgan fingerprint density at radius 2 is 1.86 bits per heavy atom. The van der Waals surface area contributed by atoms with Crippen molar-refractivity contribution in [3.05, 3.63) is 101 Å². The van der Waals surface area contributed by atoms with Crippen molar-refractivity contribution in [2.45, 2.75) is 26.0 Å². The molecule has 43 heavy (non-hydrogen) atoms. The second-order valence-corrected chi connectivity index (χ2v) is 11.5. The van der Waals surface area contributed by atoms with E-state index in [0.29, 0.717) is 46.9 Å². The molecule has 3 aromatic carbocycles. The molecule has 9 heteroatoms. The molecule has 1 saturated heterocycles. The molecule has 220 valence electrons. The fourth-order valence-electron chi connectivity index (χ4n) is 5.66. The van der Waals surface area contributed by atoms with Crippen LogP contribution in [0.4, 0.5) is 15.9 Å². The number of hydrogen-bond acceptors (Lipinski definition) is 6. The first kappa shape index (κ1) is 29.3. The summed E-state index contributed by atoms with van der Waals surface area (Å²) in [6.45, 7) is 4.61. The number of fused-ring (bicyclic) bond motifs is 1. The number of alkyl halides is 1. The third-order valence-corrected chi connectivity index (χ3v) is 8.27. The lowest BCUT2D eigenvalue weighted by Crippen LogP contribution is -2.21. The number of aliphatic hydroxyl groups excluding tert-OH is 1. The number of hydrogen-bond donors (Lipinski definition) is 2. The predicted octanol–water partition coefficient (Wildman–Crippen LogP) is 7.99. The highest BCUT2D eigenvalue weighted by atomic mass is 35.5. The maximum Gasteiger partial charge on any atom is 0.156 e. The zero-order valence-corrected chi connectivity index (χ0v) is 25.2. The largest absolute Gasteiger partial charge is 0.492 e. The Labute approximate surface area is 260 Å². The molecular formula is C34H31Cl2FN4O2. The fraction of sp³-hybridized carbons (Fsp3) is 0.235. The summed E-state index contributed by atoms with van der Waals surface area (Å²) in [5, 5.41) is 14.8. The van der Waals surface area contributed by atoms with Gasteiger partial charge in [-0.2, -0.15) is 0 Å². The van der Waals surface area contributed by atoms with Crippen LogP contribution in [-0.4, -0.2) is 51.7 Å². The molecule has 6 nitrogen and oxygen atoms in total. The summed E-state index contributed by atoms with van der Waals surface area (Å²) in [4.78, 5) is 11.5. The van der Waals surface area contributed by atoms with Crippen LogP contribution < -0.4 is 10.1 Å². The van der Waals surface area contributed by atoms with Crippen LogP contribution in [0.25, 0.3) is 33.2 Å². The number of β-amino-alcohol motifs (C(OH)–C–C–N with tert-alkyl or cyclic N) is 1. The minimum atomic E-state index is -0.380. The number of benzene rings is 3. The molecule has 1 aliphatic heterocycles. The molecule has 6 rings (SSSR count). The first-order chi connectivity index (χ1) is 20.9. The van der Waals surface area contributed by atoms with Gasteiger partial charge >= 0.3 is 0 Å². The number of anilines is 2. The summed E-state index contributed by atoms with van der Waals surface area (Å²) in [6.07, 6.45) is 4.17. The first-order valence-corrected chi connectivity index (χ1v) is 15.1. The van der Waals surface area contributed by atoms with Gasteiger partial charge in [0.05, 0.1) is 22.7 Å². The van der Waals surface area contributed by atoms with Crippen LogP contribution >= 0.6 is 23.2 Å². The van der Waals surface area contributed by atoms with Gasteiger partial charge in [-0.05, 0) is 71.5 Å². The van der Waals surface area contributed by atoms with Crippen LogP contribution in [0.1, 0.15) is 17.5 Å². The SMILES string of the molecule is Cc1c(-c2cc(F)cc(OCCCl)c2)cccc1-c1cccc(Nc2nccc3cc(CN4CCC(O)C4)cnc23)c1Cl. The lowest BCUT2D eigenvalue weighted by Gasteiger charge is -2.17. The summed E-state index contributed by atoms with van der Waals surface area (Å²) in [6, 6.07) is 20.5. The van der Waals surface area contributed by atoms with Crippen LogP contribution in [0.5, 0.6) is 5.75 Å². The van der Waals surface area contributed by atoms with Crippen LogP contribution in [0.2, 0.25) is 5.02 Å². The third-order valence-electron chi connectivity index (χ3n) is 7.71. The summed E-state index contributed by atoms with van der Waals surface area (Å²) in [7, 11) is 0. The standard InChI is InChI=1S/C34H31Cl2FN4O2/c1-21-28(24-15-25(37)17-27(16-24)43-13-10-35)4-2-5-29(21)30-6-3-7-31(32(30)36)40-34-33-23(8-11-38-34)14-22(18-39-33)19-41-12-9-26(42)20-41/h2-8,11,14-18,26,42H,9-10,12-13,19-20H2,1H3,(H,38,40). The number of nitrogens with one attached hydrogen (secondary N) is 1. The minimum Gasteiger partial charge on any atom is -0.492 e. The quantitative estimate of drug-likeness (QED) is 0.164. The minimum absolute atomic E-state index is 0.254. The molecule has 1 atom stereocenters. The van der Waals surface area contributed by atoms with Gasteiger partial charge in [0, 0.05) is 49.0 Å². The van der Waals surface area contributed by atoms with E-state index in [2.05, 4.69) is 21.3 Å². The maximum atomic E-state index is 14.5. The Balaban J connectivity index is 1.30. The Bertz CT molecular complexity index is 1780. The second kappa shape index (κ2) is 12.9. The van der Waals surface area contributed by atoms with Crippen molar-refractivity contribution in [2.75, 3.05) is 30.9 Å². The van der Waals surface area contributed by atoms with Gasteiger partial charge in [0.2, 0.25) is 0 Å². The van der Waals surface area contributed by atoms with Gasteiger partial charge in [0.25, 0.3) is 0 Å². The highest BCUT2D eigenvalue weighted by molar-refractivity contribution is 6.36. The van der Waals surface area contributed by atoms with Gasteiger partial charge in [-0.3, -0.25) is 9.88 Å². The Morgan fingerprint density at radius 3 is 2.67 bits per heavy atom. The van der Waals surface area contributed by atoms with E-state index in [4.69, 9.17) is 32.9 Å². The van der Waals surface area contributed by atoms with E-state index in [1.54, 1.807) is 6.20 Å². The number of rotatable bonds is 9.